The molecule has 3 heteroatoms. The van der Waals surface area contributed by atoms with Gasteiger partial charge in [-0.2, -0.15) is 0 Å². The van der Waals surface area contributed by atoms with Crippen LogP contribution in [0.3, 0.4) is 0 Å². The van der Waals surface area contributed by atoms with Gasteiger partial charge in [0.2, 0.25) is 0 Å². The minimum absolute atomic E-state index is 0.119. The normalized spacial score (nSPS) is 12.8. The molecule has 1 aromatic heterocycles. The van der Waals surface area contributed by atoms with E-state index in [2.05, 4.69) is 48.9 Å². The van der Waals surface area contributed by atoms with E-state index in [1.165, 1.54) is 11.1 Å². The van der Waals surface area contributed by atoms with E-state index in [-0.39, 0.29) is 6.10 Å². The molecule has 0 aliphatic rings. The first-order valence-electron chi connectivity index (χ1n) is 7.76. The van der Waals surface area contributed by atoms with Gasteiger partial charge in [0.25, 0.3) is 0 Å². The van der Waals surface area contributed by atoms with Gasteiger partial charge in [-0.05, 0) is 49.1 Å². The Morgan fingerprint density at radius 2 is 1.82 bits per heavy atom. The molecular weight excluding hydrogens is 272 g/mol. The predicted molar refractivity (Wildman–Crippen MR) is 90.4 cm³/mol. The van der Waals surface area contributed by atoms with Crippen molar-refractivity contribution in [1.82, 2.24) is 9.97 Å². The number of aromatic nitrogens is 2. The number of para-hydroxylation sites is 2. The molecule has 0 saturated carbocycles. The summed E-state index contributed by atoms with van der Waals surface area (Å²) < 4.78 is 6.21. The van der Waals surface area contributed by atoms with Crippen molar-refractivity contribution < 1.29 is 4.74 Å². The Labute approximate surface area is 131 Å². The van der Waals surface area contributed by atoms with Crippen molar-refractivity contribution in [2.45, 2.75) is 39.7 Å². The van der Waals surface area contributed by atoms with Gasteiger partial charge in [0.1, 0.15) is 11.6 Å². The van der Waals surface area contributed by atoms with Gasteiger partial charge in [-0.3, -0.25) is 0 Å². The number of aryl methyl sites for hydroxylation is 1. The van der Waals surface area contributed by atoms with Crippen LogP contribution in [0.25, 0.3) is 11.0 Å². The summed E-state index contributed by atoms with van der Waals surface area (Å²) in [5.41, 5.74) is 4.45. The third kappa shape index (κ3) is 2.84. The maximum atomic E-state index is 6.21. The van der Waals surface area contributed by atoms with E-state index in [9.17, 15) is 0 Å². The Balaban J connectivity index is 1.90. The van der Waals surface area contributed by atoms with Crippen LogP contribution in [0.2, 0.25) is 0 Å². The fraction of sp³-hybridized carbons (Fsp3) is 0.316. The molecule has 2 aromatic carbocycles. The minimum atomic E-state index is -0.119. The molecule has 0 aliphatic heterocycles. The second-order valence-corrected chi connectivity index (χ2v) is 6.10. The third-order valence-electron chi connectivity index (χ3n) is 3.89. The zero-order chi connectivity index (χ0) is 15.7. The Hall–Kier alpha value is -2.29. The number of imidazole rings is 1. The van der Waals surface area contributed by atoms with Crippen LogP contribution in [0.4, 0.5) is 0 Å². The van der Waals surface area contributed by atoms with Crippen molar-refractivity contribution in [3.63, 3.8) is 0 Å². The van der Waals surface area contributed by atoms with Crippen LogP contribution < -0.4 is 4.74 Å². The standard InChI is InChI=1S/C19H22N2O/c1-12(2)15-10-9-13(3)11-18(15)22-14(4)19-20-16-7-5-6-8-17(16)21-19/h5-12,14H,1-4H3,(H,20,21)/t14-/m0/s1. The first kappa shape index (κ1) is 14.6. The van der Waals surface area contributed by atoms with E-state index >= 15 is 0 Å². The summed E-state index contributed by atoms with van der Waals surface area (Å²) in [6.45, 7) is 8.49. The number of rotatable bonds is 4. The molecule has 0 aliphatic carbocycles. The van der Waals surface area contributed by atoms with Gasteiger partial charge in [-0.15, -0.1) is 0 Å². The first-order chi connectivity index (χ1) is 10.5. The van der Waals surface area contributed by atoms with Crippen molar-refractivity contribution in [2.75, 3.05) is 0 Å². The van der Waals surface area contributed by atoms with Gasteiger partial charge in [0, 0.05) is 0 Å². The number of hydrogen-bond acceptors (Lipinski definition) is 2. The second kappa shape index (κ2) is 5.84. The number of H-pyrrole nitrogens is 1. The van der Waals surface area contributed by atoms with E-state index in [0.717, 1.165) is 22.6 Å². The maximum absolute atomic E-state index is 6.21. The molecular formula is C19H22N2O. The molecule has 22 heavy (non-hydrogen) atoms. The Kier molecular flexibility index (Phi) is 3.88. The summed E-state index contributed by atoms with van der Waals surface area (Å²) in [5.74, 6) is 2.24. The average molecular weight is 294 g/mol. The molecule has 0 unspecified atom stereocenters. The lowest BCUT2D eigenvalue weighted by atomic mass is 10.0. The van der Waals surface area contributed by atoms with E-state index in [1.807, 2.05) is 31.2 Å². The molecule has 3 rings (SSSR count). The molecule has 1 N–H and O–H groups in total. The van der Waals surface area contributed by atoms with Crippen LogP contribution in [-0.4, -0.2) is 9.97 Å². The summed E-state index contributed by atoms with van der Waals surface area (Å²) >= 11 is 0. The highest BCUT2D eigenvalue weighted by atomic mass is 16.5. The van der Waals surface area contributed by atoms with E-state index in [1.54, 1.807) is 0 Å². The van der Waals surface area contributed by atoms with Crippen molar-refractivity contribution in [3.05, 3.63) is 59.4 Å². The summed E-state index contributed by atoms with van der Waals surface area (Å²) in [4.78, 5) is 7.97. The molecule has 0 amide bonds. The van der Waals surface area contributed by atoms with E-state index < -0.39 is 0 Å². The lowest BCUT2D eigenvalue weighted by Gasteiger charge is -2.18. The van der Waals surface area contributed by atoms with E-state index in [4.69, 9.17) is 4.74 Å². The van der Waals surface area contributed by atoms with Crippen molar-refractivity contribution in [2.24, 2.45) is 0 Å². The number of aromatic amines is 1. The molecule has 0 spiro atoms. The number of nitrogens with zero attached hydrogens (tertiary/aromatic N) is 1. The number of benzene rings is 2. The largest absolute Gasteiger partial charge is 0.483 e. The number of nitrogens with one attached hydrogen (secondary N) is 1. The zero-order valence-electron chi connectivity index (χ0n) is 13.6. The molecule has 3 aromatic rings. The molecule has 0 saturated heterocycles. The van der Waals surface area contributed by atoms with Gasteiger partial charge >= 0.3 is 0 Å². The lowest BCUT2D eigenvalue weighted by Crippen LogP contribution is -2.07. The highest BCUT2D eigenvalue weighted by molar-refractivity contribution is 5.74. The van der Waals surface area contributed by atoms with Gasteiger partial charge in [-0.25, -0.2) is 4.98 Å². The van der Waals surface area contributed by atoms with Crippen LogP contribution in [0.15, 0.2) is 42.5 Å². The average Bonchev–Trinajstić information content (AvgIpc) is 2.91. The monoisotopic (exact) mass is 294 g/mol. The van der Waals surface area contributed by atoms with Crippen molar-refractivity contribution in [1.29, 1.82) is 0 Å². The predicted octanol–water partition coefficient (Wildman–Crippen LogP) is 5.13. The van der Waals surface area contributed by atoms with Gasteiger partial charge in [0.15, 0.2) is 6.10 Å². The Morgan fingerprint density at radius 1 is 1.05 bits per heavy atom. The van der Waals surface area contributed by atoms with Crippen LogP contribution in [0.5, 0.6) is 5.75 Å². The zero-order valence-corrected chi connectivity index (χ0v) is 13.6. The Bertz CT molecular complexity index is 756. The van der Waals surface area contributed by atoms with Crippen LogP contribution >= 0.6 is 0 Å². The van der Waals surface area contributed by atoms with E-state index in [0.29, 0.717) is 5.92 Å². The number of ether oxygens (including phenoxy) is 1. The third-order valence-corrected chi connectivity index (χ3v) is 3.89. The minimum Gasteiger partial charge on any atom is -0.483 e. The van der Waals surface area contributed by atoms with Crippen LogP contribution in [0.1, 0.15) is 49.7 Å². The molecule has 0 bridgehead atoms. The molecule has 114 valence electrons. The topological polar surface area (TPSA) is 37.9 Å². The smallest absolute Gasteiger partial charge is 0.153 e. The highest BCUT2D eigenvalue weighted by Gasteiger charge is 2.15. The molecule has 3 nitrogen and oxygen atoms in total. The van der Waals surface area contributed by atoms with Crippen LogP contribution in [0, 0.1) is 6.92 Å². The lowest BCUT2D eigenvalue weighted by molar-refractivity contribution is 0.215. The quantitative estimate of drug-likeness (QED) is 0.724. The fourth-order valence-corrected chi connectivity index (χ4v) is 2.63. The second-order valence-electron chi connectivity index (χ2n) is 6.10. The summed E-state index contributed by atoms with van der Waals surface area (Å²) in [6, 6.07) is 14.4. The maximum Gasteiger partial charge on any atom is 0.153 e. The fourth-order valence-electron chi connectivity index (χ4n) is 2.63. The Morgan fingerprint density at radius 3 is 2.55 bits per heavy atom. The molecule has 0 radical (unpaired) electrons. The molecule has 1 heterocycles. The van der Waals surface area contributed by atoms with Crippen molar-refractivity contribution >= 4 is 11.0 Å². The molecule has 1 atom stereocenters. The van der Waals surface area contributed by atoms with Gasteiger partial charge < -0.3 is 9.72 Å². The van der Waals surface area contributed by atoms with Crippen molar-refractivity contribution in [3.8, 4) is 5.75 Å². The number of fused-ring (bicyclic) bond motifs is 1. The molecule has 0 fully saturated rings. The first-order valence-corrected chi connectivity index (χ1v) is 7.76. The highest BCUT2D eigenvalue weighted by Crippen LogP contribution is 2.31. The number of hydrogen-bond donors (Lipinski definition) is 1. The van der Waals surface area contributed by atoms with Gasteiger partial charge in [-0.1, -0.05) is 38.1 Å². The summed E-state index contributed by atoms with van der Waals surface area (Å²) in [5, 5.41) is 0. The SMILES string of the molecule is Cc1ccc(C(C)C)c(O[C@@H](C)c2nc3ccccc3[nH]2)c1. The summed E-state index contributed by atoms with van der Waals surface area (Å²) in [7, 11) is 0. The summed E-state index contributed by atoms with van der Waals surface area (Å²) in [6.07, 6.45) is -0.119. The van der Waals surface area contributed by atoms with Gasteiger partial charge in [0.05, 0.1) is 11.0 Å². The van der Waals surface area contributed by atoms with Crippen LogP contribution in [-0.2, 0) is 0 Å².